The number of piperidine rings is 1. The number of hydrogen-bond acceptors (Lipinski definition) is 3. The average molecular weight is 281 g/mol. The summed E-state index contributed by atoms with van der Waals surface area (Å²) in [6, 6.07) is 9.49. The minimum Gasteiger partial charge on any atom is -0.369 e. The zero-order chi connectivity index (χ0) is 14.1. The van der Waals surface area contributed by atoms with Crippen molar-refractivity contribution < 1.29 is 0 Å². The highest BCUT2D eigenvalue weighted by atomic mass is 15.2. The maximum Gasteiger partial charge on any atom is 0.0462 e. The summed E-state index contributed by atoms with van der Waals surface area (Å²) in [6.45, 7) is 4.91. The van der Waals surface area contributed by atoms with Crippen LogP contribution in [0.15, 0.2) is 36.7 Å². The van der Waals surface area contributed by atoms with Crippen LogP contribution >= 0.6 is 0 Å². The summed E-state index contributed by atoms with van der Waals surface area (Å²) < 4.78 is 0. The maximum absolute atomic E-state index is 4.34. The highest BCUT2D eigenvalue weighted by Gasteiger charge is 2.27. The van der Waals surface area contributed by atoms with E-state index in [1.54, 1.807) is 0 Å². The smallest absolute Gasteiger partial charge is 0.0462 e. The molecule has 2 aromatic rings. The van der Waals surface area contributed by atoms with Gasteiger partial charge in [-0.25, -0.2) is 0 Å². The van der Waals surface area contributed by atoms with Gasteiger partial charge in [-0.3, -0.25) is 9.88 Å². The Hall–Kier alpha value is -1.61. The number of rotatable bonds is 1. The lowest BCUT2D eigenvalue weighted by Gasteiger charge is -2.36. The summed E-state index contributed by atoms with van der Waals surface area (Å²) in [4.78, 5) is 9.65. The van der Waals surface area contributed by atoms with Crippen LogP contribution in [-0.2, 0) is 0 Å². The lowest BCUT2D eigenvalue weighted by atomic mass is 10.0. The molecule has 3 heterocycles. The standard InChI is InChI=1S/C18H23N3/c1-2-10-20-11-4-12-21(14-16(20)6-1)18-7-3-5-15-8-9-19-13-17(15)18/h3,5,7-9,13,16H,1-2,4,6,10-12,14H2. The number of nitrogens with zero attached hydrogens (tertiary/aromatic N) is 3. The van der Waals surface area contributed by atoms with Crippen molar-refractivity contribution >= 4 is 16.5 Å². The Morgan fingerprint density at radius 1 is 1.00 bits per heavy atom. The van der Waals surface area contributed by atoms with Crippen LogP contribution in [0.25, 0.3) is 10.8 Å². The van der Waals surface area contributed by atoms with E-state index in [0.29, 0.717) is 0 Å². The molecule has 21 heavy (non-hydrogen) atoms. The van der Waals surface area contributed by atoms with E-state index in [1.807, 2.05) is 12.4 Å². The lowest BCUT2D eigenvalue weighted by Crippen LogP contribution is -2.44. The van der Waals surface area contributed by atoms with Crippen LogP contribution in [-0.4, -0.2) is 42.1 Å². The van der Waals surface area contributed by atoms with Crippen LogP contribution in [0.5, 0.6) is 0 Å². The predicted molar refractivity (Wildman–Crippen MR) is 87.8 cm³/mol. The fourth-order valence-electron chi connectivity index (χ4n) is 3.96. The predicted octanol–water partition coefficient (Wildman–Crippen LogP) is 3.30. The fraction of sp³-hybridized carbons (Fsp3) is 0.500. The van der Waals surface area contributed by atoms with Gasteiger partial charge in [0.15, 0.2) is 0 Å². The Balaban J connectivity index is 1.68. The molecule has 2 fully saturated rings. The fourth-order valence-corrected chi connectivity index (χ4v) is 3.96. The van der Waals surface area contributed by atoms with Crippen LogP contribution in [0, 0.1) is 0 Å². The Morgan fingerprint density at radius 3 is 2.95 bits per heavy atom. The van der Waals surface area contributed by atoms with Crippen molar-refractivity contribution in [3.8, 4) is 0 Å². The molecule has 110 valence electrons. The van der Waals surface area contributed by atoms with Crippen molar-refractivity contribution in [2.24, 2.45) is 0 Å². The monoisotopic (exact) mass is 281 g/mol. The van der Waals surface area contributed by atoms with Crippen LogP contribution in [0.1, 0.15) is 25.7 Å². The van der Waals surface area contributed by atoms with Gasteiger partial charge in [-0.05, 0) is 43.3 Å². The minimum atomic E-state index is 0.744. The van der Waals surface area contributed by atoms with Crippen molar-refractivity contribution in [1.29, 1.82) is 0 Å². The van der Waals surface area contributed by atoms with Gasteiger partial charge < -0.3 is 4.90 Å². The molecule has 3 nitrogen and oxygen atoms in total. The summed E-state index contributed by atoms with van der Waals surface area (Å²) in [6.07, 6.45) is 9.32. The highest BCUT2D eigenvalue weighted by molar-refractivity contribution is 5.93. The van der Waals surface area contributed by atoms with Crippen molar-refractivity contribution in [3.63, 3.8) is 0 Å². The molecule has 0 amide bonds. The number of hydrogen-bond donors (Lipinski definition) is 0. The van der Waals surface area contributed by atoms with Gasteiger partial charge in [0.2, 0.25) is 0 Å². The van der Waals surface area contributed by atoms with Crippen LogP contribution in [0.4, 0.5) is 5.69 Å². The van der Waals surface area contributed by atoms with Gasteiger partial charge in [-0.1, -0.05) is 18.6 Å². The first-order valence-electron chi connectivity index (χ1n) is 8.23. The third-order valence-corrected chi connectivity index (χ3v) is 5.05. The third kappa shape index (κ3) is 2.51. The summed E-state index contributed by atoms with van der Waals surface area (Å²) in [5, 5.41) is 2.59. The van der Waals surface area contributed by atoms with Crippen LogP contribution in [0.2, 0.25) is 0 Å². The van der Waals surface area contributed by atoms with Crippen molar-refractivity contribution in [3.05, 3.63) is 36.7 Å². The van der Waals surface area contributed by atoms with Gasteiger partial charge in [0.05, 0.1) is 0 Å². The zero-order valence-electron chi connectivity index (χ0n) is 12.5. The average Bonchev–Trinajstić information content (AvgIpc) is 2.76. The molecule has 2 aliphatic heterocycles. The second-order valence-corrected chi connectivity index (χ2v) is 6.36. The molecule has 4 rings (SSSR count). The lowest BCUT2D eigenvalue weighted by molar-refractivity contribution is 0.162. The Kier molecular flexibility index (Phi) is 3.52. The van der Waals surface area contributed by atoms with Gasteiger partial charge in [0.1, 0.15) is 0 Å². The van der Waals surface area contributed by atoms with Crippen molar-refractivity contribution in [2.75, 3.05) is 31.1 Å². The molecule has 3 heteroatoms. The number of fused-ring (bicyclic) bond motifs is 2. The van der Waals surface area contributed by atoms with E-state index in [9.17, 15) is 0 Å². The number of pyridine rings is 1. The van der Waals surface area contributed by atoms with Crippen LogP contribution in [0.3, 0.4) is 0 Å². The summed E-state index contributed by atoms with van der Waals surface area (Å²) in [7, 11) is 0. The molecule has 0 saturated carbocycles. The Labute approximate surface area is 126 Å². The van der Waals surface area contributed by atoms with E-state index in [0.717, 1.165) is 6.04 Å². The molecule has 0 spiro atoms. The number of anilines is 1. The van der Waals surface area contributed by atoms with Crippen LogP contribution < -0.4 is 4.90 Å². The summed E-state index contributed by atoms with van der Waals surface area (Å²) >= 11 is 0. The van der Waals surface area contributed by atoms with E-state index < -0.39 is 0 Å². The third-order valence-electron chi connectivity index (χ3n) is 5.05. The zero-order valence-corrected chi connectivity index (χ0v) is 12.5. The van der Waals surface area contributed by atoms with E-state index in [-0.39, 0.29) is 0 Å². The molecule has 0 N–H and O–H groups in total. The second-order valence-electron chi connectivity index (χ2n) is 6.36. The summed E-state index contributed by atoms with van der Waals surface area (Å²) in [5.41, 5.74) is 1.37. The first-order chi connectivity index (χ1) is 10.4. The molecule has 1 atom stereocenters. The van der Waals surface area contributed by atoms with E-state index in [4.69, 9.17) is 0 Å². The molecule has 0 radical (unpaired) electrons. The largest absolute Gasteiger partial charge is 0.369 e. The van der Waals surface area contributed by atoms with Crippen molar-refractivity contribution in [2.45, 2.75) is 31.7 Å². The van der Waals surface area contributed by atoms with E-state index in [1.165, 1.54) is 68.3 Å². The molecule has 1 aromatic carbocycles. The van der Waals surface area contributed by atoms with Gasteiger partial charge in [0.25, 0.3) is 0 Å². The minimum absolute atomic E-state index is 0.744. The topological polar surface area (TPSA) is 19.4 Å². The molecule has 0 bridgehead atoms. The quantitative estimate of drug-likeness (QED) is 0.799. The molecular weight excluding hydrogens is 258 g/mol. The first-order valence-corrected chi connectivity index (χ1v) is 8.23. The van der Waals surface area contributed by atoms with Gasteiger partial charge >= 0.3 is 0 Å². The number of aromatic nitrogens is 1. The van der Waals surface area contributed by atoms with E-state index >= 15 is 0 Å². The summed E-state index contributed by atoms with van der Waals surface area (Å²) in [5.74, 6) is 0. The normalized spacial score (nSPS) is 23.8. The second kappa shape index (κ2) is 5.64. The molecule has 2 aliphatic rings. The van der Waals surface area contributed by atoms with Gasteiger partial charge in [-0.2, -0.15) is 0 Å². The van der Waals surface area contributed by atoms with E-state index in [2.05, 4.69) is 39.0 Å². The Morgan fingerprint density at radius 2 is 1.95 bits per heavy atom. The van der Waals surface area contributed by atoms with Gasteiger partial charge in [0, 0.05) is 49.1 Å². The maximum atomic E-state index is 4.34. The Bertz CT molecular complexity index is 619. The molecule has 2 saturated heterocycles. The molecular formula is C18H23N3. The number of benzene rings is 1. The first kappa shape index (κ1) is 13.1. The molecule has 1 aromatic heterocycles. The highest BCUT2D eigenvalue weighted by Crippen LogP contribution is 2.29. The molecule has 1 unspecified atom stereocenters. The SMILES string of the molecule is c1cc(N2CCCN3CCCCC3C2)c2cnccc2c1. The van der Waals surface area contributed by atoms with Gasteiger partial charge in [-0.15, -0.1) is 0 Å². The van der Waals surface area contributed by atoms with Crippen molar-refractivity contribution in [1.82, 2.24) is 9.88 Å². The molecule has 0 aliphatic carbocycles.